The average Bonchev–Trinajstić information content (AvgIpc) is 2.71. The quantitative estimate of drug-likeness (QED) is 0.765. The Hall–Kier alpha value is -0.570. The second kappa shape index (κ2) is 4.97. The van der Waals surface area contributed by atoms with Crippen LogP contribution in [-0.2, 0) is 4.79 Å². The van der Waals surface area contributed by atoms with Crippen LogP contribution in [0.4, 0.5) is 0 Å². The van der Waals surface area contributed by atoms with E-state index in [9.17, 15) is 4.79 Å². The minimum atomic E-state index is -0.101. The molecule has 0 aromatic rings. The molecule has 1 heterocycles. The van der Waals surface area contributed by atoms with Crippen molar-refractivity contribution < 1.29 is 4.79 Å². The molecule has 3 nitrogen and oxygen atoms in total. The van der Waals surface area contributed by atoms with E-state index < -0.39 is 0 Å². The summed E-state index contributed by atoms with van der Waals surface area (Å²) in [5.41, 5.74) is 5.32. The lowest BCUT2D eigenvalue weighted by molar-refractivity contribution is -0.123. The lowest BCUT2D eigenvalue weighted by Gasteiger charge is -2.32. The summed E-state index contributed by atoms with van der Waals surface area (Å²) in [6.45, 7) is 3.40. The second-order valence-corrected chi connectivity index (χ2v) is 5.13. The van der Waals surface area contributed by atoms with Crippen LogP contribution < -0.4 is 5.73 Å². The van der Waals surface area contributed by atoms with Crippen molar-refractivity contribution in [1.29, 1.82) is 0 Å². The van der Waals surface area contributed by atoms with Crippen molar-refractivity contribution >= 4 is 5.91 Å². The molecule has 1 saturated heterocycles. The normalized spacial score (nSPS) is 25.9. The summed E-state index contributed by atoms with van der Waals surface area (Å²) in [5, 5.41) is 0. The van der Waals surface area contributed by atoms with Gasteiger partial charge in [0.15, 0.2) is 0 Å². The molecule has 1 aliphatic carbocycles. The number of hydrogen-bond donors (Lipinski definition) is 1. The Morgan fingerprint density at radius 1 is 1.13 bits per heavy atom. The molecule has 3 heteroatoms. The Balaban J connectivity index is 1.71. The van der Waals surface area contributed by atoms with E-state index in [2.05, 4.69) is 4.90 Å². The predicted molar refractivity (Wildman–Crippen MR) is 60.3 cm³/mol. The summed E-state index contributed by atoms with van der Waals surface area (Å²) in [7, 11) is 0. The summed E-state index contributed by atoms with van der Waals surface area (Å²) in [6, 6.07) is 0. The van der Waals surface area contributed by atoms with Gasteiger partial charge in [-0.05, 0) is 44.7 Å². The molecule has 2 aliphatic rings. The number of piperidine rings is 1. The fourth-order valence-corrected chi connectivity index (χ4v) is 2.96. The number of primary amides is 1. The van der Waals surface area contributed by atoms with Crippen LogP contribution in [0.3, 0.4) is 0 Å². The van der Waals surface area contributed by atoms with Crippen molar-refractivity contribution in [2.24, 2.45) is 17.6 Å². The number of amides is 1. The number of hydrogen-bond acceptors (Lipinski definition) is 2. The number of rotatable bonds is 3. The fourth-order valence-electron chi connectivity index (χ4n) is 2.96. The Labute approximate surface area is 92.0 Å². The van der Waals surface area contributed by atoms with E-state index in [1.807, 2.05) is 0 Å². The molecule has 86 valence electrons. The number of carbonyl (C=O) groups is 1. The van der Waals surface area contributed by atoms with Gasteiger partial charge in [0.2, 0.25) is 5.91 Å². The van der Waals surface area contributed by atoms with Crippen LogP contribution in [0, 0.1) is 11.8 Å². The molecule has 15 heavy (non-hydrogen) atoms. The Bertz CT molecular complexity index is 216. The molecule has 0 atom stereocenters. The summed E-state index contributed by atoms with van der Waals surface area (Å²) in [6.07, 6.45) is 7.61. The molecule has 1 amide bonds. The van der Waals surface area contributed by atoms with E-state index in [0.717, 1.165) is 31.8 Å². The highest BCUT2D eigenvalue weighted by molar-refractivity contribution is 5.76. The summed E-state index contributed by atoms with van der Waals surface area (Å²) >= 11 is 0. The van der Waals surface area contributed by atoms with E-state index >= 15 is 0 Å². The highest BCUT2D eigenvalue weighted by Gasteiger charge is 2.25. The maximum absolute atomic E-state index is 11.0. The van der Waals surface area contributed by atoms with Gasteiger partial charge in [0.1, 0.15) is 0 Å². The molecular weight excluding hydrogens is 188 g/mol. The van der Waals surface area contributed by atoms with E-state index in [1.165, 1.54) is 32.2 Å². The van der Waals surface area contributed by atoms with Crippen molar-refractivity contribution in [3.8, 4) is 0 Å². The molecule has 0 unspecified atom stereocenters. The third-order valence-corrected chi connectivity index (χ3v) is 3.98. The van der Waals surface area contributed by atoms with E-state index in [-0.39, 0.29) is 11.8 Å². The van der Waals surface area contributed by atoms with E-state index in [0.29, 0.717) is 0 Å². The van der Waals surface area contributed by atoms with Gasteiger partial charge in [-0.1, -0.05) is 12.8 Å². The van der Waals surface area contributed by atoms with Crippen LogP contribution in [0.1, 0.15) is 38.5 Å². The average molecular weight is 210 g/mol. The van der Waals surface area contributed by atoms with Crippen LogP contribution in [-0.4, -0.2) is 30.4 Å². The molecule has 1 saturated carbocycles. The highest BCUT2D eigenvalue weighted by atomic mass is 16.1. The van der Waals surface area contributed by atoms with Crippen LogP contribution in [0.15, 0.2) is 0 Å². The van der Waals surface area contributed by atoms with Gasteiger partial charge in [-0.3, -0.25) is 4.79 Å². The van der Waals surface area contributed by atoms with Gasteiger partial charge in [-0.15, -0.1) is 0 Å². The Morgan fingerprint density at radius 3 is 2.27 bits per heavy atom. The summed E-state index contributed by atoms with van der Waals surface area (Å²) in [4.78, 5) is 13.5. The summed E-state index contributed by atoms with van der Waals surface area (Å²) < 4.78 is 0. The molecular formula is C12H22N2O. The first-order valence-corrected chi connectivity index (χ1v) is 6.27. The lowest BCUT2D eigenvalue weighted by atomic mass is 9.95. The number of likely N-dealkylation sites (tertiary alicyclic amines) is 1. The van der Waals surface area contributed by atoms with Gasteiger partial charge in [0.25, 0.3) is 0 Å². The molecule has 0 radical (unpaired) electrons. The van der Waals surface area contributed by atoms with Crippen molar-refractivity contribution in [3.05, 3.63) is 0 Å². The first-order chi connectivity index (χ1) is 7.25. The molecule has 0 aromatic carbocycles. The van der Waals surface area contributed by atoms with Crippen molar-refractivity contribution in [3.63, 3.8) is 0 Å². The van der Waals surface area contributed by atoms with E-state index in [1.54, 1.807) is 0 Å². The zero-order chi connectivity index (χ0) is 10.7. The topological polar surface area (TPSA) is 46.3 Å². The fraction of sp³-hybridized carbons (Fsp3) is 0.917. The van der Waals surface area contributed by atoms with Gasteiger partial charge < -0.3 is 10.6 Å². The smallest absolute Gasteiger partial charge is 0.220 e. The standard InChI is InChI=1S/C12H22N2O/c13-12(15)11-5-7-14(8-6-11)9-10-3-1-2-4-10/h10-11H,1-9H2,(H2,13,15). The minimum absolute atomic E-state index is 0.101. The van der Waals surface area contributed by atoms with Crippen LogP contribution in [0.2, 0.25) is 0 Å². The third kappa shape index (κ3) is 2.94. The maximum Gasteiger partial charge on any atom is 0.220 e. The Morgan fingerprint density at radius 2 is 1.73 bits per heavy atom. The Kier molecular flexibility index (Phi) is 3.62. The third-order valence-electron chi connectivity index (χ3n) is 3.98. The first-order valence-electron chi connectivity index (χ1n) is 6.27. The van der Waals surface area contributed by atoms with Gasteiger partial charge in [-0.25, -0.2) is 0 Å². The highest BCUT2D eigenvalue weighted by Crippen LogP contribution is 2.27. The number of nitrogens with two attached hydrogens (primary N) is 1. The minimum Gasteiger partial charge on any atom is -0.369 e. The van der Waals surface area contributed by atoms with Gasteiger partial charge in [-0.2, -0.15) is 0 Å². The SMILES string of the molecule is NC(=O)C1CCN(CC2CCCC2)CC1. The molecule has 2 N–H and O–H groups in total. The molecule has 0 bridgehead atoms. The molecule has 2 fully saturated rings. The van der Waals surface area contributed by atoms with Crippen LogP contribution >= 0.6 is 0 Å². The lowest BCUT2D eigenvalue weighted by Crippen LogP contribution is -2.40. The van der Waals surface area contributed by atoms with E-state index in [4.69, 9.17) is 5.73 Å². The zero-order valence-corrected chi connectivity index (χ0v) is 9.45. The molecule has 2 rings (SSSR count). The maximum atomic E-state index is 11.0. The van der Waals surface area contributed by atoms with Gasteiger partial charge in [0.05, 0.1) is 0 Å². The molecule has 1 aliphatic heterocycles. The largest absolute Gasteiger partial charge is 0.369 e. The van der Waals surface area contributed by atoms with Crippen molar-refractivity contribution in [2.45, 2.75) is 38.5 Å². The first kappa shape index (κ1) is 10.9. The van der Waals surface area contributed by atoms with Crippen LogP contribution in [0.5, 0.6) is 0 Å². The van der Waals surface area contributed by atoms with Gasteiger partial charge in [0, 0.05) is 12.5 Å². The molecule has 0 aromatic heterocycles. The van der Waals surface area contributed by atoms with Gasteiger partial charge >= 0.3 is 0 Å². The number of nitrogens with zero attached hydrogens (tertiary/aromatic N) is 1. The zero-order valence-electron chi connectivity index (χ0n) is 9.45. The summed E-state index contributed by atoms with van der Waals surface area (Å²) in [5.74, 6) is 0.968. The van der Waals surface area contributed by atoms with Crippen LogP contribution in [0.25, 0.3) is 0 Å². The van der Waals surface area contributed by atoms with Crippen molar-refractivity contribution in [1.82, 2.24) is 4.90 Å². The second-order valence-electron chi connectivity index (χ2n) is 5.13. The monoisotopic (exact) mass is 210 g/mol. The van der Waals surface area contributed by atoms with Crippen molar-refractivity contribution in [2.75, 3.05) is 19.6 Å². The molecule has 0 spiro atoms. The predicted octanol–water partition coefficient (Wildman–Crippen LogP) is 1.37. The number of carbonyl (C=O) groups excluding carboxylic acids is 1.